The van der Waals surface area contributed by atoms with E-state index in [1.807, 2.05) is 32.9 Å². The Kier molecular flexibility index (Phi) is 8.10. The SMILES string of the molecule is COC(=O)CC[C@@H](CC(=O)OC(C)(C)C)c1cc(C2CC(CCc3ccccc3)C2)on1. The Morgan fingerprint density at radius 3 is 2.53 bits per heavy atom. The van der Waals surface area contributed by atoms with Gasteiger partial charge in [0, 0.05) is 24.3 Å². The third-order valence-corrected chi connectivity index (χ3v) is 6.04. The van der Waals surface area contributed by atoms with E-state index in [0.29, 0.717) is 24.0 Å². The fourth-order valence-corrected chi connectivity index (χ4v) is 4.24. The molecule has 3 rings (SSSR count). The summed E-state index contributed by atoms with van der Waals surface area (Å²) in [4.78, 5) is 24.0. The molecule has 1 aliphatic carbocycles. The van der Waals surface area contributed by atoms with Crippen LogP contribution in [-0.2, 0) is 25.5 Å². The van der Waals surface area contributed by atoms with Crippen molar-refractivity contribution in [2.45, 2.75) is 83.2 Å². The van der Waals surface area contributed by atoms with Crippen molar-refractivity contribution in [2.24, 2.45) is 5.92 Å². The predicted molar refractivity (Wildman–Crippen MR) is 121 cm³/mol. The first-order chi connectivity index (χ1) is 15.2. The lowest BCUT2D eigenvalue weighted by Gasteiger charge is -2.33. The molecule has 0 unspecified atom stereocenters. The maximum absolute atomic E-state index is 12.4. The van der Waals surface area contributed by atoms with Crippen LogP contribution >= 0.6 is 0 Å². The molecule has 1 saturated carbocycles. The standard InChI is InChI=1S/C26H35NO5/c1-26(2,3)31-25(29)16-20(12-13-24(28)30-4)22-17-23(32-27-22)21-14-19(15-21)11-10-18-8-6-5-7-9-18/h5-9,17,19-21H,10-16H2,1-4H3/t19?,20-,21?/m0/s1. The van der Waals surface area contributed by atoms with Crippen LogP contribution in [0.5, 0.6) is 0 Å². The number of nitrogens with zero attached hydrogens (tertiary/aromatic N) is 1. The van der Waals surface area contributed by atoms with Gasteiger partial charge < -0.3 is 14.0 Å². The normalized spacial score (nSPS) is 19.1. The fraction of sp³-hybridized carbons (Fsp3) is 0.577. The summed E-state index contributed by atoms with van der Waals surface area (Å²) in [5.74, 6) is 1.11. The zero-order chi connectivity index (χ0) is 23.1. The Hall–Kier alpha value is -2.63. The molecule has 6 nitrogen and oxygen atoms in total. The largest absolute Gasteiger partial charge is 0.469 e. The van der Waals surface area contributed by atoms with E-state index in [2.05, 4.69) is 29.4 Å². The highest BCUT2D eigenvalue weighted by Gasteiger charge is 2.34. The highest BCUT2D eigenvalue weighted by atomic mass is 16.6. The molecule has 0 spiro atoms. The summed E-state index contributed by atoms with van der Waals surface area (Å²) in [6, 6.07) is 12.5. The third kappa shape index (κ3) is 7.21. The second kappa shape index (κ2) is 10.8. The maximum Gasteiger partial charge on any atom is 0.306 e. The van der Waals surface area contributed by atoms with Gasteiger partial charge in [-0.05, 0) is 64.4 Å². The Bertz CT molecular complexity index is 877. The van der Waals surface area contributed by atoms with Gasteiger partial charge in [0.25, 0.3) is 0 Å². The molecular weight excluding hydrogens is 406 g/mol. The smallest absolute Gasteiger partial charge is 0.306 e. The molecule has 1 aliphatic rings. The van der Waals surface area contributed by atoms with E-state index in [1.165, 1.54) is 19.1 Å². The molecule has 0 amide bonds. The molecule has 0 aliphatic heterocycles. The van der Waals surface area contributed by atoms with Crippen molar-refractivity contribution >= 4 is 11.9 Å². The molecule has 1 fully saturated rings. The molecule has 174 valence electrons. The van der Waals surface area contributed by atoms with Crippen LogP contribution in [0.15, 0.2) is 40.9 Å². The van der Waals surface area contributed by atoms with Crippen molar-refractivity contribution in [3.05, 3.63) is 53.4 Å². The van der Waals surface area contributed by atoms with Gasteiger partial charge in [0.15, 0.2) is 0 Å². The summed E-state index contributed by atoms with van der Waals surface area (Å²) >= 11 is 0. The summed E-state index contributed by atoms with van der Waals surface area (Å²) in [5.41, 5.74) is 1.54. The number of aromatic nitrogens is 1. The number of aryl methyl sites for hydroxylation is 1. The van der Waals surface area contributed by atoms with E-state index in [0.717, 1.165) is 25.0 Å². The van der Waals surface area contributed by atoms with E-state index < -0.39 is 5.60 Å². The van der Waals surface area contributed by atoms with Crippen LogP contribution in [0.2, 0.25) is 0 Å². The predicted octanol–water partition coefficient (Wildman–Crippen LogP) is 5.57. The topological polar surface area (TPSA) is 78.6 Å². The van der Waals surface area contributed by atoms with Crippen LogP contribution in [0.25, 0.3) is 0 Å². The van der Waals surface area contributed by atoms with Crippen molar-refractivity contribution in [1.82, 2.24) is 5.16 Å². The molecule has 32 heavy (non-hydrogen) atoms. The number of esters is 2. The number of benzene rings is 1. The van der Waals surface area contributed by atoms with Gasteiger partial charge in [0.1, 0.15) is 11.4 Å². The molecule has 0 saturated heterocycles. The molecule has 0 N–H and O–H groups in total. The summed E-state index contributed by atoms with van der Waals surface area (Å²) in [7, 11) is 1.37. The lowest BCUT2D eigenvalue weighted by molar-refractivity contribution is -0.155. The third-order valence-electron chi connectivity index (χ3n) is 6.04. The van der Waals surface area contributed by atoms with Crippen LogP contribution in [-0.4, -0.2) is 29.8 Å². The number of carbonyl (C=O) groups excluding carboxylic acids is 2. The molecule has 1 aromatic heterocycles. The zero-order valence-corrected chi connectivity index (χ0v) is 19.6. The first-order valence-corrected chi connectivity index (χ1v) is 11.5. The molecular formula is C26H35NO5. The molecule has 1 heterocycles. The highest BCUT2D eigenvalue weighted by Crippen LogP contribution is 2.44. The lowest BCUT2D eigenvalue weighted by Crippen LogP contribution is -2.25. The average Bonchev–Trinajstić information content (AvgIpc) is 3.18. The molecule has 6 heteroatoms. The fourth-order valence-electron chi connectivity index (χ4n) is 4.24. The van der Waals surface area contributed by atoms with Crippen LogP contribution in [0.4, 0.5) is 0 Å². The number of methoxy groups -OCH3 is 1. The maximum atomic E-state index is 12.4. The molecule has 1 atom stereocenters. The number of rotatable bonds is 10. The van der Waals surface area contributed by atoms with E-state index in [9.17, 15) is 9.59 Å². The molecule has 0 bridgehead atoms. The molecule has 2 aromatic rings. The highest BCUT2D eigenvalue weighted by molar-refractivity contribution is 5.72. The van der Waals surface area contributed by atoms with Crippen LogP contribution in [0, 0.1) is 5.92 Å². The van der Waals surface area contributed by atoms with Gasteiger partial charge in [0.2, 0.25) is 0 Å². The summed E-state index contributed by atoms with van der Waals surface area (Å²) < 4.78 is 15.9. The van der Waals surface area contributed by atoms with Gasteiger partial charge in [-0.15, -0.1) is 0 Å². The second-order valence-corrected chi connectivity index (χ2v) is 9.82. The van der Waals surface area contributed by atoms with E-state index in [1.54, 1.807) is 0 Å². The van der Waals surface area contributed by atoms with Crippen molar-refractivity contribution in [3.63, 3.8) is 0 Å². The van der Waals surface area contributed by atoms with E-state index >= 15 is 0 Å². The van der Waals surface area contributed by atoms with Crippen LogP contribution in [0.3, 0.4) is 0 Å². The number of hydrogen-bond acceptors (Lipinski definition) is 6. The minimum Gasteiger partial charge on any atom is -0.469 e. The van der Waals surface area contributed by atoms with E-state index in [4.69, 9.17) is 14.0 Å². The summed E-state index contributed by atoms with van der Waals surface area (Å²) in [5, 5.41) is 4.26. The quantitative estimate of drug-likeness (QED) is 0.449. The monoisotopic (exact) mass is 441 g/mol. The number of ether oxygens (including phenoxy) is 2. The van der Waals surface area contributed by atoms with Gasteiger partial charge in [0.05, 0.1) is 19.2 Å². The van der Waals surface area contributed by atoms with Crippen molar-refractivity contribution < 1.29 is 23.6 Å². The first-order valence-electron chi connectivity index (χ1n) is 11.5. The van der Waals surface area contributed by atoms with Gasteiger partial charge in [-0.2, -0.15) is 0 Å². The minimum absolute atomic E-state index is 0.157. The van der Waals surface area contributed by atoms with Crippen LogP contribution in [0.1, 0.15) is 88.1 Å². The Labute approximate surface area is 190 Å². The van der Waals surface area contributed by atoms with Gasteiger partial charge in [-0.25, -0.2) is 0 Å². The lowest BCUT2D eigenvalue weighted by atomic mass is 9.71. The van der Waals surface area contributed by atoms with Crippen LogP contribution < -0.4 is 0 Å². The van der Waals surface area contributed by atoms with Gasteiger partial charge in [-0.1, -0.05) is 35.5 Å². The van der Waals surface area contributed by atoms with Gasteiger partial charge in [-0.3, -0.25) is 9.59 Å². The van der Waals surface area contributed by atoms with Crippen molar-refractivity contribution in [2.75, 3.05) is 7.11 Å². The Morgan fingerprint density at radius 2 is 1.88 bits per heavy atom. The van der Waals surface area contributed by atoms with Gasteiger partial charge >= 0.3 is 11.9 Å². The molecule has 0 radical (unpaired) electrons. The first kappa shape index (κ1) is 24.0. The number of hydrogen-bond donors (Lipinski definition) is 0. The Morgan fingerprint density at radius 1 is 1.16 bits per heavy atom. The van der Waals surface area contributed by atoms with E-state index in [-0.39, 0.29) is 30.7 Å². The zero-order valence-electron chi connectivity index (χ0n) is 19.6. The molecule has 1 aromatic carbocycles. The Balaban J connectivity index is 1.55. The average molecular weight is 442 g/mol. The summed E-state index contributed by atoms with van der Waals surface area (Å²) in [6.07, 6.45) is 5.32. The summed E-state index contributed by atoms with van der Waals surface area (Å²) in [6.45, 7) is 5.52. The number of carbonyl (C=O) groups is 2. The van der Waals surface area contributed by atoms with Crippen molar-refractivity contribution in [1.29, 1.82) is 0 Å². The minimum atomic E-state index is -0.556. The second-order valence-electron chi connectivity index (χ2n) is 9.82. The van der Waals surface area contributed by atoms with Crippen molar-refractivity contribution in [3.8, 4) is 0 Å².